The third kappa shape index (κ3) is 3.05. The lowest BCUT2D eigenvalue weighted by Crippen LogP contribution is -2.07. The molecule has 0 radical (unpaired) electrons. The summed E-state index contributed by atoms with van der Waals surface area (Å²) in [7, 11) is 0. The van der Waals surface area contributed by atoms with Gasteiger partial charge in [-0.05, 0) is 24.8 Å². The summed E-state index contributed by atoms with van der Waals surface area (Å²) in [5, 5.41) is 0. The third-order valence-electron chi connectivity index (χ3n) is 2.14. The smallest absolute Gasteiger partial charge is 0.123 e. The van der Waals surface area contributed by atoms with E-state index in [-0.39, 0.29) is 17.4 Å². The molecule has 1 aliphatic carbocycles. The Kier molecular flexibility index (Phi) is 3.74. The summed E-state index contributed by atoms with van der Waals surface area (Å²) in [6.07, 6.45) is 10.3. The monoisotopic (exact) mass is 181 g/mol. The van der Waals surface area contributed by atoms with Crippen molar-refractivity contribution >= 4 is 0 Å². The number of halogens is 1. The molecule has 0 aromatic rings. The number of nitrogens with two attached hydrogens (primary N) is 1. The van der Waals surface area contributed by atoms with Gasteiger partial charge in [-0.1, -0.05) is 25.2 Å². The maximum atomic E-state index is 13.0. The van der Waals surface area contributed by atoms with Gasteiger partial charge < -0.3 is 5.73 Å². The lowest BCUT2D eigenvalue weighted by Gasteiger charge is -2.14. The highest BCUT2D eigenvalue weighted by atomic mass is 19.1. The van der Waals surface area contributed by atoms with Crippen LogP contribution in [-0.4, -0.2) is 0 Å². The Morgan fingerprint density at radius 1 is 1.62 bits per heavy atom. The van der Waals surface area contributed by atoms with E-state index < -0.39 is 0 Å². The third-order valence-corrected chi connectivity index (χ3v) is 2.14. The fourth-order valence-corrected chi connectivity index (χ4v) is 1.35. The molecule has 0 aliphatic heterocycles. The first-order valence-electron chi connectivity index (χ1n) is 4.71. The molecule has 0 aromatic heterocycles. The van der Waals surface area contributed by atoms with Crippen molar-refractivity contribution in [3.63, 3.8) is 0 Å². The normalized spacial score (nSPS) is 23.1. The Bertz CT molecular complexity index is 251. The van der Waals surface area contributed by atoms with Gasteiger partial charge in [0.05, 0.1) is 5.70 Å². The zero-order valence-electron chi connectivity index (χ0n) is 7.96. The quantitative estimate of drug-likeness (QED) is 0.665. The van der Waals surface area contributed by atoms with Crippen LogP contribution in [0.4, 0.5) is 4.39 Å². The predicted molar refractivity (Wildman–Crippen MR) is 53.6 cm³/mol. The highest BCUT2D eigenvalue weighted by Gasteiger charge is 2.13. The van der Waals surface area contributed by atoms with Crippen LogP contribution < -0.4 is 5.73 Å². The number of rotatable bonds is 3. The lowest BCUT2D eigenvalue weighted by atomic mass is 9.95. The topological polar surface area (TPSA) is 26.0 Å². The first kappa shape index (κ1) is 10.0. The van der Waals surface area contributed by atoms with Crippen molar-refractivity contribution in [3.8, 4) is 0 Å². The van der Waals surface area contributed by atoms with Gasteiger partial charge in [-0.2, -0.15) is 0 Å². The van der Waals surface area contributed by atoms with E-state index in [1.807, 2.05) is 6.08 Å². The van der Waals surface area contributed by atoms with Crippen LogP contribution in [-0.2, 0) is 0 Å². The summed E-state index contributed by atoms with van der Waals surface area (Å²) in [6, 6.07) is 0. The van der Waals surface area contributed by atoms with Gasteiger partial charge in [0.1, 0.15) is 5.83 Å². The van der Waals surface area contributed by atoms with Crippen molar-refractivity contribution in [2.75, 3.05) is 0 Å². The molecule has 72 valence electrons. The molecule has 1 atom stereocenters. The minimum absolute atomic E-state index is 0.169. The van der Waals surface area contributed by atoms with Crippen LogP contribution in [0.25, 0.3) is 0 Å². The van der Waals surface area contributed by atoms with Crippen LogP contribution in [0.1, 0.15) is 26.2 Å². The van der Waals surface area contributed by atoms with Crippen molar-refractivity contribution in [2.24, 2.45) is 11.7 Å². The van der Waals surface area contributed by atoms with Crippen LogP contribution in [0.3, 0.4) is 0 Å². The minimum atomic E-state index is -0.169. The molecule has 13 heavy (non-hydrogen) atoms. The molecule has 2 heteroatoms. The maximum Gasteiger partial charge on any atom is 0.123 e. The Morgan fingerprint density at radius 3 is 3.00 bits per heavy atom. The maximum absolute atomic E-state index is 13.0. The molecule has 0 aromatic carbocycles. The van der Waals surface area contributed by atoms with Crippen molar-refractivity contribution in [1.82, 2.24) is 0 Å². The first-order valence-corrected chi connectivity index (χ1v) is 4.71. The van der Waals surface area contributed by atoms with Gasteiger partial charge in [-0.15, -0.1) is 0 Å². The lowest BCUT2D eigenvalue weighted by molar-refractivity contribution is 0.507. The van der Waals surface area contributed by atoms with Gasteiger partial charge >= 0.3 is 0 Å². The molecule has 0 saturated carbocycles. The molecule has 1 rings (SSSR count). The van der Waals surface area contributed by atoms with Crippen molar-refractivity contribution in [1.29, 1.82) is 0 Å². The van der Waals surface area contributed by atoms with E-state index in [1.54, 1.807) is 6.08 Å². The van der Waals surface area contributed by atoms with Crippen LogP contribution in [0.2, 0.25) is 0 Å². The largest absolute Gasteiger partial charge is 0.397 e. The molecule has 0 bridgehead atoms. The second kappa shape index (κ2) is 4.85. The number of hydrogen-bond donors (Lipinski definition) is 1. The van der Waals surface area contributed by atoms with E-state index in [1.165, 1.54) is 0 Å². The molecule has 1 nitrogen and oxygen atoms in total. The SMILES string of the molecule is CCC=CCC1C=CC(N)=C(F)C1. The zero-order valence-corrected chi connectivity index (χ0v) is 7.96. The molecule has 1 aliphatic rings. The molecule has 0 amide bonds. The highest BCUT2D eigenvalue weighted by Crippen LogP contribution is 2.24. The summed E-state index contributed by atoms with van der Waals surface area (Å²) in [5.74, 6) is 0.118. The fraction of sp³-hybridized carbons (Fsp3) is 0.455. The van der Waals surface area contributed by atoms with Gasteiger partial charge in [0.2, 0.25) is 0 Å². The molecule has 2 N–H and O–H groups in total. The van der Waals surface area contributed by atoms with E-state index in [9.17, 15) is 4.39 Å². The van der Waals surface area contributed by atoms with Crippen molar-refractivity contribution in [2.45, 2.75) is 26.2 Å². The Morgan fingerprint density at radius 2 is 2.38 bits per heavy atom. The zero-order chi connectivity index (χ0) is 9.68. The second-order valence-corrected chi connectivity index (χ2v) is 3.30. The first-order chi connectivity index (χ1) is 6.24. The van der Waals surface area contributed by atoms with E-state index in [2.05, 4.69) is 19.1 Å². The second-order valence-electron chi connectivity index (χ2n) is 3.30. The molecule has 1 unspecified atom stereocenters. The summed E-state index contributed by atoms with van der Waals surface area (Å²) < 4.78 is 13.0. The fourth-order valence-electron chi connectivity index (χ4n) is 1.35. The standard InChI is InChI=1S/C11H16FN/c1-2-3-4-5-9-6-7-11(13)10(12)8-9/h3-4,6-7,9H,2,5,8,13H2,1H3. The van der Waals surface area contributed by atoms with Crippen LogP contribution in [0.15, 0.2) is 35.8 Å². The molecular formula is C11H16FN. The summed E-state index contributed by atoms with van der Waals surface area (Å²) in [5.41, 5.74) is 5.68. The Balaban J connectivity index is 2.42. The molecule has 0 fully saturated rings. The van der Waals surface area contributed by atoms with E-state index in [4.69, 9.17) is 5.73 Å². The molecule has 0 heterocycles. The van der Waals surface area contributed by atoms with E-state index >= 15 is 0 Å². The average Bonchev–Trinajstić information content (AvgIpc) is 2.12. The predicted octanol–water partition coefficient (Wildman–Crippen LogP) is 3.06. The number of hydrogen-bond acceptors (Lipinski definition) is 1. The van der Waals surface area contributed by atoms with Gasteiger partial charge in [-0.3, -0.25) is 0 Å². The van der Waals surface area contributed by atoms with Crippen LogP contribution in [0.5, 0.6) is 0 Å². The van der Waals surface area contributed by atoms with Crippen LogP contribution >= 0.6 is 0 Å². The van der Waals surface area contributed by atoms with Gasteiger partial charge in [0, 0.05) is 6.42 Å². The highest BCUT2D eigenvalue weighted by molar-refractivity contribution is 5.24. The van der Waals surface area contributed by atoms with E-state index in [0.29, 0.717) is 6.42 Å². The molecule has 0 spiro atoms. The molecular weight excluding hydrogens is 165 g/mol. The van der Waals surface area contributed by atoms with Crippen molar-refractivity contribution < 1.29 is 4.39 Å². The molecule has 0 saturated heterocycles. The Labute approximate surface area is 78.8 Å². The van der Waals surface area contributed by atoms with Gasteiger partial charge in [0.15, 0.2) is 0 Å². The van der Waals surface area contributed by atoms with Crippen molar-refractivity contribution in [3.05, 3.63) is 35.8 Å². The number of allylic oxidation sites excluding steroid dienone is 5. The average molecular weight is 181 g/mol. The van der Waals surface area contributed by atoms with Gasteiger partial charge in [0.25, 0.3) is 0 Å². The summed E-state index contributed by atoms with van der Waals surface area (Å²) in [6.45, 7) is 2.09. The minimum Gasteiger partial charge on any atom is -0.397 e. The Hall–Kier alpha value is -1.05. The summed E-state index contributed by atoms with van der Waals surface area (Å²) in [4.78, 5) is 0. The van der Waals surface area contributed by atoms with E-state index in [0.717, 1.165) is 12.8 Å². The van der Waals surface area contributed by atoms with Gasteiger partial charge in [-0.25, -0.2) is 4.39 Å². The summed E-state index contributed by atoms with van der Waals surface area (Å²) >= 11 is 0. The van der Waals surface area contributed by atoms with Crippen LogP contribution in [0, 0.1) is 5.92 Å².